The number of aromatic nitrogens is 2. The second kappa shape index (κ2) is 5.67. The summed E-state index contributed by atoms with van der Waals surface area (Å²) in [5.74, 6) is 0.613. The van der Waals surface area contributed by atoms with Gasteiger partial charge < -0.3 is 19.8 Å². The highest BCUT2D eigenvalue weighted by atomic mass is 16.5. The fraction of sp³-hybridized carbons (Fsp3) is 0.833. The van der Waals surface area contributed by atoms with Gasteiger partial charge in [-0.15, -0.1) is 5.10 Å². The number of hydrogen-bond donors (Lipinski definition) is 2. The lowest BCUT2D eigenvalue weighted by atomic mass is 9.93. The van der Waals surface area contributed by atoms with Crippen LogP contribution in [0.5, 0.6) is 0 Å². The predicted molar refractivity (Wildman–Crippen MR) is 68.4 cm³/mol. The molecular formula is C12H22N4O2. The van der Waals surface area contributed by atoms with Gasteiger partial charge >= 0.3 is 6.01 Å². The average molecular weight is 254 g/mol. The zero-order valence-electron chi connectivity index (χ0n) is 11.3. The maximum Gasteiger partial charge on any atom is 0.315 e. The third-order valence-electron chi connectivity index (χ3n) is 3.13. The van der Waals surface area contributed by atoms with Crippen molar-refractivity contribution < 1.29 is 9.15 Å². The summed E-state index contributed by atoms with van der Waals surface area (Å²) in [7, 11) is 0. The molecule has 0 atom stereocenters. The lowest BCUT2D eigenvalue weighted by Gasteiger charge is -2.33. The summed E-state index contributed by atoms with van der Waals surface area (Å²) in [4.78, 5) is 0. The molecule has 2 heterocycles. The van der Waals surface area contributed by atoms with E-state index in [9.17, 15) is 0 Å². The molecule has 1 fully saturated rings. The maximum atomic E-state index is 5.57. The predicted octanol–water partition coefficient (Wildman–Crippen LogP) is 1.55. The van der Waals surface area contributed by atoms with Crippen LogP contribution in [0.2, 0.25) is 0 Å². The molecular weight excluding hydrogens is 232 g/mol. The average Bonchev–Trinajstić information content (AvgIpc) is 2.74. The van der Waals surface area contributed by atoms with Crippen molar-refractivity contribution >= 4 is 6.01 Å². The normalized spacial score (nSPS) is 19.1. The first kappa shape index (κ1) is 13.3. The summed E-state index contributed by atoms with van der Waals surface area (Å²) in [5, 5.41) is 14.6. The Labute approximate surface area is 107 Å². The standard InChI is InChI=1S/C12H22N4O2/c1-9(2)13-8-10-15-16-11(18-10)14-12(3)4-6-17-7-5-12/h9,13H,4-8H2,1-3H3,(H,14,16). The van der Waals surface area contributed by atoms with Crippen LogP contribution in [0.25, 0.3) is 0 Å². The number of ether oxygens (including phenoxy) is 1. The van der Waals surface area contributed by atoms with Gasteiger partial charge in [0.15, 0.2) is 0 Å². The Bertz CT molecular complexity index is 372. The molecule has 0 aliphatic carbocycles. The molecule has 0 spiro atoms. The monoisotopic (exact) mass is 254 g/mol. The van der Waals surface area contributed by atoms with Crippen LogP contribution in [0, 0.1) is 0 Å². The molecule has 6 nitrogen and oxygen atoms in total. The Balaban J connectivity index is 1.89. The molecule has 0 radical (unpaired) electrons. The van der Waals surface area contributed by atoms with Crippen molar-refractivity contribution in [3.05, 3.63) is 5.89 Å². The molecule has 0 amide bonds. The van der Waals surface area contributed by atoms with Gasteiger partial charge in [-0.1, -0.05) is 18.9 Å². The zero-order valence-corrected chi connectivity index (χ0v) is 11.3. The molecule has 102 valence electrons. The fourth-order valence-electron chi connectivity index (χ4n) is 1.87. The SMILES string of the molecule is CC(C)NCc1nnc(NC2(C)CCOCC2)o1. The largest absolute Gasteiger partial charge is 0.407 e. The molecule has 0 saturated carbocycles. The van der Waals surface area contributed by atoms with Gasteiger partial charge in [-0.2, -0.15) is 0 Å². The van der Waals surface area contributed by atoms with E-state index in [0.29, 0.717) is 24.5 Å². The van der Waals surface area contributed by atoms with Crippen LogP contribution in [-0.4, -0.2) is 35.0 Å². The third kappa shape index (κ3) is 3.68. The number of nitrogens with one attached hydrogen (secondary N) is 2. The second-order valence-electron chi connectivity index (χ2n) is 5.33. The minimum atomic E-state index is -0.00642. The smallest absolute Gasteiger partial charge is 0.315 e. The van der Waals surface area contributed by atoms with E-state index in [2.05, 4.69) is 41.6 Å². The second-order valence-corrected chi connectivity index (χ2v) is 5.33. The van der Waals surface area contributed by atoms with Gasteiger partial charge in [-0.25, -0.2) is 0 Å². The Kier molecular flexibility index (Phi) is 4.19. The van der Waals surface area contributed by atoms with E-state index >= 15 is 0 Å². The molecule has 0 unspecified atom stereocenters. The highest BCUT2D eigenvalue weighted by molar-refractivity contribution is 5.23. The first-order valence-electron chi connectivity index (χ1n) is 6.49. The Morgan fingerprint density at radius 1 is 1.28 bits per heavy atom. The van der Waals surface area contributed by atoms with Crippen molar-refractivity contribution in [2.75, 3.05) is 18.5 Å². The van der Waals surface area contributed by atoms with E-state index in [-0.39, 0.29) is 5.54 Å². The maximum absolute atomic E-state index is 5.57. The molecule has 1 aliphatic rings. The quantitative estimate of drug-likeness (QED) is 0.830. The van der Waals surface area contributed by atoms with E-state index in [1.165, 1.54) is 0 Å². The molecule has 1 aromatic heterocycles. The highest BCUT2D eigenvalue weighted by Gasteiger charge is 2.28. The lowest BCUT2D eigenvalue weighted by Crippen LogP contribution is -2.40. The number of hydrogen-bond acceptors (Lipinski definition) is 6. The van der Waals surface area contributed by atoms with Gasteiger partial charge in [0, 0.05) is 24.8 Å². The van der Waals surface area contributed by atoms with Gasteiger partial charge in [-0.3, -0.25) is 0 Å². The number of rotatable bonds is 5. The first-order chi connectivity index (χ1) is 8.57. The fourth-order valence-corrected chi connectivity index (χ4v) is 1.87. The van der Waals surface area contributed by atoms with Crippen LogP contribution in [0.1, 0.15) is 39.5 Å². The van der Waals surface area contributed by atoms with Gasteiger partial charge in [0.25, 0.3) is 0 Å². The van der Waals surface area contributed by atoms with E-state index in [1.807, 2.05) is 0 Å². The Morgan fingerprint density at radius 3 is 2.67 bits per heavy atom. The van der Waals surface area contributed by atoms with Gasteiger partial charge in [0.1, 0.15) is 0 Å². The Morgan fingerprint density at radius 2 is 2.00 bits per heavy atom. The van der Waals surface area contributed by atoms with Gasteiger partial charge in [0.05, 0.1) is 6.54 Å². The molecule has 1 aromatic rings. The minimum Gasteiger partial charge on any atom is -0.407 e. The van der Waals surface area contributed by atoms with Crippen molar-refractivity contribution in [1.29, 1.82) is 0 Å². The summed E-state index contributed by atoms with van der Waals surface area (Å²) in [6, 6.07) is 0.904. The van der Waals surface area contributed by atoms with Crippen LogP contribution in [0.4, 0.5) is 6.01 Å². The van der Waals surface area contributed by atoms with Crippen LogP contribution >= 0.6 is 0 Å². The van der Waals surface area contributed by atoms with Crippen molar-refractivity contribution in [3.8, 4) is 0 Å². The summed E-state index contributed by atoms with van der Waals surface area (Å²) < 4.78 is 10.9. The first-order valence-corrected chi connectivity index (χ1v) is 6.49. The van der Waals surface area contributed by atoms with E-state index in [1.54, 1.807) is 0 Å². The van der Waals surface area contributed by atoms with Crippen LogP contribution in [0.15, 0.2) is 4.42 Å². The Hall–Kier alpha value is -1.14. The third-order valence-corrected chi connectivity index (χ3v) is 3.13. The summed E-state index contributed by atoms with van der Waals surface area (Å²) in [6.07, 6.45) is 1.91. The highest BCUT2D eigenvalue weighted by Crippen LogP contribution is 2.24. The topological polar surface area (TPSA) is 72.2 Å². The molecule has 2 rings (SSSR count). The van der Waals surface area contributed by atoms with Crippen molar-refractivity contribution in [2.24, 2.45) is 0 Å². The lowest BCUT2D eigenvalue weighted by molar-refractivity contribution is 0.0650. The molecule has 0 bridgehead atoms. The summed E-state index contributed by atoms with van der Waals surface area (Å²) in [6.45, 7) is 8.48. The number of nitrogens with zero attached hydrogens (tertiary/aromatic N) is 2. The number of anilines is 1. The van der Waals surface area contributed by atoms with Crippen LogP contribution in [-0.2, 0) is 11.3 Å². The summed E-state index contributed by atoms with van der Waals surface area (Å²) >= 11 is 0. The van der Waals surface area contributed by atoms with Crippen molar-refractivity contribution in [1.82, 2.24) is 15.5 Å². The molecule has 0 aromatic carbocycles. The van der Waals surface area contributed by atoms with E-state index in [4.69, 9.17) is 9.15 Å². The molecule has 1 saturated heterocycles. The van der Waals surface area contributed by atoms with E-state index in [0.717, 1.165) is 26.1 Å². The van der Waals surface area contributed by atoms with Gasteiger partial charge in [0.2, 0.25) is 5.89 Å². The van der Waals surface area contributed by atoms with Crippen LogP contribution < -0.4 is 10.6 Å². The van der Waals surface area contributed by atoms with Gasteiger partial charge in [-0.05, 0) is 19.8 Å². The molecule has 1 aliphatic heterocycles. The van der Waals surface area contributed by atoms with Crippen molar-refractivity contribution in [3.63, 3.8) is 0 Å². The zero-order chi connectivity index (χ0) is 13.0. The van der Waals surface area contributed by atoms with E-state index < -0.39 is 0 Å². The molecule has 2 N–H and O–H groups in total. The van der Waals surface area contributed by atoms with Crippen molar-refractivity contribution in [2.45, 2.75) is 51.7 Å². The molecule has 6 heteroatoms. The minimum absolute atomic E-state index is 0.00642. The van der Waals surface area contributed by atoms with Crippen LogP contribution in [0.3, 0.4) is 0 Å². The summed E-state index contributed by atoms with van der Waals surface area (Å²) in [5.41, 5.74) is -0.00642. The molecule has 18 heavy (non-hydrogen) atoms.